The monoisotopic (exact) mass is 278 g/mol. The summed E-state index contributed by atoms with van der Waals surface area (Å²) in [6.45, 7) is 4.25. The number of rotatable bonds is 1. The molecule has 1 nitrogen and oxygen atoms in total. The topological polar surface area (TPSA) is 17.1 Å². The Morgan fingerprint density at radius 1 is 1.67 bits per heavy atom. The van der Waals surface area contributed by atoms with Crippen LogP contribution in [0.2, 0.25) is 0 Å². The fraction of sp³-hybridized carbons (Fsp3) is 0.700. The van der Waals surface area contributed by atoms with Crippen LogP contribution in [0.3, 0.4) is 0 Å². The second-order valence-corrected chi connectivity index (χ2v) is 4.31. The third kappa shape index (κ3) is 2.09. The first-order valence-electron chi connectivity index (χ1n) is 4.45. The van der Waals surface area contributed by atoms with E-state index in [1.165, 1.54) is 12.0 Å². The highest BCUT2D eigenvalue weighted by Gasteiger charge is 2.23. The summed E-state index contributed by atoms with van der Waals surface area (Å²) in [5.74, 6) is 0.893. The van der Waals surface area contributed by atoms with Crippen molar-refractivity contribution in [2.75, 3.05) is 4.43 Å². The Morgan fingerprint density at radius 3 is 2.83 bits per heavy atom. The minimum atomic E-state index is 0.392. The van der Waals surface area contributed by atoms with E-state index in [4.69, 9.17) is 0 Å². The number of Topliss-reactive ketones (excluding diaryl/α,β-unsaturated/α-hetero) is 1. The van der Waals surface area contributed by atoms with Gasteiger partial charge in [-0.3, -0.25) is 4.79 Å². The molecule has 2 heteroatoms. The van der Waals surface area contributed by atoms with Crippen molar-refractivity contribution in [1.29, 1.82) is 0 Å². The molecule has 1 aliphatic rings. The Labute approximate surface area is 87.8 Å². The summed E-state index contributed by atoms with van der Waals surface area (Å²) in [6, 6.07) is 0. The summed E-state index contributed by atoms with van der Waals surface area (Å²) < 4.78 is 0.989. The molecule has 0 aliphatic heterocycles. The van der Waals surface area contributed by atoms with E-state index in [1.54, 1.807) is 0 Å². The van der Waals surface area contributed by atoms with Crippen molar-refractivity contribution in [1.82, 2.24) is 0 Å². The lowest BCUT2D eigenvalue weighted by atomic mass is 9.82. The molecule has 1 aliphatic carbocycles. The Balaban J connectivity index is 2.90. The van der Waals surface area contributed by atoms with Gasteiger partial charge < -0.3 is 0 Å². The van der Waals surface area contributed by atoms with Gasteiger partial charge in [-0.1, -0.05) is 35.1 Å². The smallest absolute Gasteiger partial charge is 0.159 e. The van der Waals surface area contributed by atoms with Gasteiger partial charge in [-0.2, -0.15) is 0 Å². The van der Waals surface area contributed by atoms with Crippen LogP contribution >= 0.6 is 22.6 Å². The average molecular weight is 278 g/mol. The summed E-state index contributed by atoms with van der Waals surface area (Å²) in [5.41, 5.74) is 2.41. The van der Waals surface area contributed by atoms with E-state index in [9.17, 15) is 4.79 Å². The van der Waals surface area contributed by atoms with E-state index in [2.05, 4.69) is 36.4 Å². The first-order valence-corrected chi connectivity index (χ1v) is 5.98. The van der Waals surface area contributed by atoms with Crippen LogP contribution in [0.4, 0.5) is 0 Å². The molecule has 1 saturated carbocycles. The third-order valence-corrected chi connectivity index (χ3v) is 3.64. The zero-order chi connectivity index (χ0) is 9.14. The van der Waals surface area contributed by atoms with Gasteiger partial charge in [0.1, 0.15) is 0 Å². The molecule has 0 bridgehead atoms. The van der Waals surface area contributed by atoms with Crippen LogP contribution in [0.5, 0.6) is 0 Å². The second kappa shape index (κ2) is 4.40. The first kappa shape index (κ1) is 10.2. The Bertz CT molecular complexity index is 218. The van der Waals surface area contributed by atoms with Crippen LogP contribution < -0.4 is 0 Å². The van der Waals surface area contributed by atoms with E-state index >= 15 is 0 Å². The number of ketones is 1. The zero-order valence-corrected chi connectivity index (χ0v) is 9.85. The fourth-order valence-corrected chi connectivity index (χ4v) is 2.26. The summed E-state index contributed by atoms with van der Waals surface area (Å²) >= 11 is 2.33. The van der Waals surface area contributed by atoms with Gasteiger partial charge in [0, 0.05) is 10.8 Å². The highest BCUT2D eigenvalue weighted by molar-refractivity contribution is 14.1. The SMILES string of the molecule is CC(CI)=C1C(=O)CCCC1C. The van der Waals surface area contributed by atoms with E-state index in [0.717, 1.165) is 22.8 Å². The van der Waals surface area contributed by atoms with Gasteiger partial charge >= 0.3 is 0 Å². The van der Waals surface area contributed by atoms with Gasteiger partial charge in [-0.15, -0.1) is 0 Å². The standard InChI is InChI=1S/C10H15IO/c1-7-4-3-5-9(12)10(7)8(2)6-11/h7H,3-6H2,1-2H3. The van der Waals surface area contributed by atoms with Crippen LogP contribution in [0.25, 0.3) is 0 Å². The highest BCUT2D eigenvalue weighted by Crippen LogP contribution is 2.29. The molecular weight excluding hydrogens is 263 g/mol. The Kier molecular flexibility index (Phi) is 3.75. The molecular formula is C10H15IO. The lowest BCUT2D eigenvalue weighted by Gasteiger charge is -2.22. The zero-order valence-electron chi connectivity index (χ0n) is 7.69. The number of hydrogen-bond acceptors (Lipinski definition) is 1. The molecule has 0 heterocycles. The van der Waals surface area contributed by atoms with Crippen molar-refractivity contribution in [2.45, 2.75) is 33.1 Å². The number of alkyl halides is 1. The molecule has 12 heavy (non-hydrogen) atoms. The van der Waals surface area contributed by atoms with Gasteiger partial charge in [0.2, 0.25) is 0 Å². The molecule has 0 N–H and O–H groups in total. The minimum absolute atomic E-state index is 0.392. The van der Waals surface area contributed by atoms with Crippen molar-refractivity contribution in [3.63, 3.8) is 0 Å². The van der Waals surface area contributed by atoms with Gasteiger partial charge in [-0.05, 0) is 31.3 Å². The molecule has 0 aromatic carbocycles. The molecule has 0 saturated heterocycles. The maximum atomic E-state index is 11.5. The molecule has 68 valence electrons. The molecule has 0 amide bonds. The molecule has 1 unspecified atom stereocenters. The summed E-state index contributed by atoms with van der Waals surface area (Å²) in [6.07, 6.45) is 3.04. The normalized spacial score (nSPS) is 28.9. The lowest BCUT2D eigenvalue weighted by molar-refractivity contribution is -0.117. The van der Waals surface area contributed by atoms with Crippen molar-refractivity contribution < 1.29 is 4.79 Å². The fourth-order valence-electron chi connectivity index (χ4n) is 1.85. The third-order valence-electron chi connectivity index (χ3n) is 2.49. The van der Waals surface area contributed by atoms with Gasteiger partial charge in [0.15, 0.2) is 5.78 Å². The van der Waals surface area contributed by atoms with E-state index in [1.807, 2.05) is 0 Å². The molecule has 1 fully saturated rings. The van der Waals surface area contributed by atoms with Crippen LogP contribution in [-0.4, -0.2) is 10.2 Å². The number of carbonyl (C=O) groups is 1. The number of halogens is 1. The van der Waals surface area contributed by atoms with Crippen molar-refractivity contribution in [2.24, 2.45) is 5.92 Å². The largest absolute Gasteiger partial charge is 0.295 e. The van der Waals surface area contributed by atoms with Gasteiger partial charge in [-0.25, -0.2) is 0 Å². The Hall–Kier alpha value is 0.140. The average Bonchev–Trinajstić information content (AvgIpc) is 2.03. The predicted octanol–water partition coefficient (Wildman–Crippen LogP) is 3.13. The Morgan fingerprint density at radius 2 is 2.33 bits per heavy atom. The first-order chi connectivity index (χ1) is 5.66. The van der Waals surface area contributed by atoms with Gasteiger partial charge in [0.25, 0.3) is 0 Å². The maximum Gasteiger partial charge on any atom is 0.159 e. The molecule has 1 rings (SSSR count). The van der Waals surface area contributed by atoms with Crippen molar-refractivity contribution in [3.8, 4) is 0 Å². The summed E-state index contributed by atoms with van der Waals surface area (Å²) in [5, 5.41) is 0. The number of carbonyl (C=O) groups excluding carboxylic acids is 1. The number of hydrogen-bond donors (Lipinski definition) is 0. The van der Waals surface area contributed by atoms with E-state index < -0.39 is 0 Å². The van der Waals surface area contributed by atoms with E-state index in [0.29, 0.717) is 11.7 Å². The molecule has 0 radical (unpaired) electrons. The second-order valence-electron chi connectivity index (χ2n) is 3.54. The van der Waals surface area contributed by atoms with Crippen molar-refractivity contribution in [3.05, 3.63) is 11.1 Å². The van der Waals surface area contributed by atoms with E-state index in [-0.39, 0.29) is 0 Å². The van der Waals surface area contributed by atoms with Crippen molar-refractivity contribution >= 4 is 28.4 Å². The van der Waals surface area contributed by atoms with Crippen LogP contribution in [-0.2, 0) is 4.79 Å². The molecule has 0 aromatic rings. The number of allylic oxidation sites excluding steroid dienone is 2. The van der Waals surface area contributed by atoms with Gasteiger partial charge in [0.05, 0.1) is 0 Å². The summed E-state index contributed by atoms with van der Waals surface area (Å²) in [7, 11) is 0. The molecule has 0 aromatic heterocycles. The van der Waals surface area contributed by atoms with Crippen LogP contribution in [0.1, 0.15) is 33.1 Å². The van der Waals surface area contributed by atoms with Crippen LogP contribution in [0.15, 0.2) is 11.1 Å². The maximum absolute atomic E-state index is 11.5. The predicted molar refractivity (Wildman–Crippen MR) is 59.6 cm³/mol. The quantitative estimate of drug-likeness (QED) is 0.409. The molecule has 1 atom stereocenters. The highest BCUT2D eigenvalue weighted by atomic mass is 127. The summed E-state index contributed by atoms with van der Waals surface area (Å²) in [4.78, 5) is 11.5. The lowest BCUT2D eigenvalue weighted by Crippen LogP contribution is -2.18. The van der Waals surface area contributed by atoms with Crippen LogP contribution in [0, 0.1) is 5.92 Å². The minimum Gasteiger partial charge on any atom is -0.295 e. The molecule has 0 spiro atoms.